The molecule has 2 rings (SSSR count). The average molecular weight is 637 g/mol. The molecule has 1 heterocycles. The molecule has 1 saturated heterocycles. The number of para-hydroxylation sites is 1. The number of carbonyl (C=O) groups is 6. The average Bonchev–Trinajstić information content (AvgIpc) is 2.99. The Morgan fingerprint density at radius 1 is 0.689 bits per heavy atom. The van der Waals surface area contributed by atoms with Gasteiger partial charge >= 0.3 is 5.97 Å². The van der Waals surface area contributed by atoms with Crippen LogP contribution in [0.25, 0.3) is 0 Å². The van der Waals surface area contributed by atoms with E-state index in [1.807, 2.05) is 14.7 Å². The molecule has 0 spiro atoms. The van der Waals surface area contributed by atoms with E-state index < -0.39 is 23.4 Å². The number of nitrogens with one attached hydrogen (secondary N) is 4. The molecule has 17 heteroatoms. The van der Waals surface area contributed by atoms with Crippen LogP contribution in [0.15, 0.2) is 18.2 Å². The normalized spacial score (nSPS) is 16.0. The highest BCUT2D eigenvalue weighted by Gasteiger charge is 2.20. The first kappa shape index (κ1) is 36.9. The summed E-state index contributed by atoms with van der Waals surface area (Å²) in [6, 6.07) is 4.03. The van der Waals surface area contributed by atoms with Crippen LogP contribution in [0.4, 0.5) is 0 Å². The first-order chi connectivity index (χ1) is 21.6. The van der Waals surface area contributed by atoms with Crippen LogP contribution >= 0.6 is 0 Å². The van der Waals surface area contributed by atoms with E-state index in [4.69, 9.17) is 0 Å². The monoisotopic (exact) mass is 636 g/mol. The molecular formula is C28H44N8O9. The van der Waals surface area contributed by atoms with Crippen molar-refractivity contribution in [1.29, 1.82) is 0 Å². The third kappa shape index (κ3) is 14.8. The van der Waals surface area contributed by atoms with Gasteiger partial charge in [0.1, 0.15) is 6.29 Å². The number of rotatable bonds is 16. The second kappa shape index (κ2) is 20.6. The van der Waals surface area contributed by atoms with Crippen molar-refractivity contribution in [2.45, 2.75) is 0 Å². The molecule has 0 unspecified atom stereocenters. The maximum atomic E-state index is 12.7. The Bertz CT molecular complexity index is 1140. The number of phenols is 2. The molecule has 1 aliphatic heterocycles. The van der Waals surface area contributed by atoms with Crippen molar-refractivity contribution in [2.75, 3.05) is 105 Å². The van der Waals surface area contributed by atoms with Crippen LogP contribution in [-0.2, 0) is 24.0 Å². The van der Waals surface area contributed by atoms with Gasteiger partial charge in [-0.3, -0.25) is 43.6 Å². The first-order valence-electron chi connectivity index (χ1n) is 14.7. The second-order valence-corrected chi connectivity index (χ2v) is 10.4. The van der Waals surface area contributed by atoms with Crippen LogP contribution in [0.1, 0.15) is 10.4 Å². The number of hydrogen-bond acceptors (Lipinski definition) is 12. The highest BCUT2D eigenvalue weighted by molar-refractivity contribution is 5.97. The minimum absolute atomic E-state index is 0.00237. The summed E-state index contributed by atoms with van der Waals surface area (Å²) in [4.78, 5) is 78.2. The summed E-state index contributed by atoms with van der Waals surface area (Å²) in [5, 5.41) is 39.3. The van der Waals surface area contributed by atoms with E-state index in [9.17, 15) is 44.1 Å². The van der Waals surface area contributed by atoms with Crippen molar-refractivity contribution in [3.63, 3.8) is 0 Å². The third-order valence-electron chi connectivity index (χ3n) is 7.02. The Kier molecular flexibility index (Phi) is 16.9. The summed E-state index contributed by atoms with van der Waals surface area (Å²) in [6.07, 6.45) is 1.34. The van der Waals surface area contributed by atoms with Crippen molar-refractivity contribution < 1.29 is 44.1 Å². The van der Waals surface area contributed by atoms with Crippen LogP contribution < -0.4 is 21.3 Å². The van der Waals surface area contributed by atoms with E-state index in [0.717, 1.165) is 6.29 Å². The zero-order valence-corrected chi connectivity index (χ0v) is 25.3. The van der Waals surface area contributed by atoms with E-state index in [1.54, 1.807) is 4.90 Å². The zero-order chi connectivity index (χ0) is 33.0. The number of nitrogens with zero attached hydrogens (tertiary/aromatic N) is 4. The van der Waals surface area contributed by atoms with Crippen LogP contribution in [0.2, 0.25) is 0 Å². The lowest BCUT2D eigenvalue weighted by Gasteiger charge is -2.33. The Morgan fingerprint density at radius 2 is 1.18 bits per heavy atom. The number of hydrogen-bond donors (Lipinski definition) is 7. The lowest BCUT2D eigenvalue weighted by atomic mass is 10.1. The number of carboxylic acid groups (broad SMARTS) is 1. The molecule has 1 aliphatic rings. The minimum atomic E-state index is -1.00. The van der Waals surface area contributed by atoms with Gasteiger partial charge in [0, 0.05) is 78.5 Å². The number of carbonyl (C=O) groups excluding carboxylic acids is 5. The van der Waals surface area contributed by atoms with E-state index in [-0.39, 0.29) is 63.2 Å². The maximum Gasteiger partial charge on any atom is 0.317 e. The quantitative estimate of drug-likeness (QED) is 0.0528. The van der Waals surface area contributed by atoms with E-state index in [1.165, 1.54) is 18.2 Å². The molecule has 0 aliphatic carbocycles. The SMILES string of the molecule is O=CCN1CCN(CC(=O)NCCNC=O)CCN(CC(=O)O)CCN(CC(=O)NCCNC(=O)c2cccc(O)c2O)CC1. The van der Waals surface area contributed by atoms with Gasteiger partial charge in [-0.1, -0.05) is 6.07 Å². The van der Waals surface area contributed by atoms with Crippen LogP contribution in [-0.4, -0.2) is 176 Å². The lowest BCUT2D eigenvalue weighted by Crippen LogP contribution is -2.50. The Hall–Kier alpha value is -4.32. The van der Waals surface area contributed by atoms with Gasteiger partial charge in [0.25, 0.3) is 5.91 Å². The number of aldehydes is 1. The Morgan fingerprint density at radius 3 is 1.69 bits per heavy atom. The highest BCUT2D eigenvalue weighted by Crippen LogP contribution is 2.27. The summed E-state index contributed by atoms with van der Waals surface area (Å²) in [6.45, 7) is 4.01. The van der Waals surface area contributed by atoms with Gasteiger partial charge in [-0.2, -0.15) is 0 Å². The fourth-order valence-corrected chi connectivity index (χ4v) is 4.57. The molecule has 0 atom stereocenters. The number of aromatic hydroxyl groups is 2. The molecule has 1 aromatic carbocycles. The van der Waals surface area contributed by atoms with Crippen molar-refractivity contribution in [3.8, 4) is 11.5 Å². The maximum absolute atomic E-state index is 12.7. The number of amides is 4. The molecule has 1 fully saturated rings. The minimum Gasteiger partial charge on any atom is -0.504 e. The van der Waals surface area contributed by atoms with Crippen molar-refractivity contribution in [1.82, 2.24) is 40.9 Å². The predicted molar refractivity (Wildman–Crippen MR) is 162 cm³/mol. The summed E-state index contributed by atoms with van der Waals surface area (Å²) >= 11 is 0. The number of aliphatic carboxylic acids is 1. The molecular weight excluding hydrogens is 592 g/mol. The zero-order valence-electron chi connectivity index (χ0n) is 25.3. The van der Waals surface area contributed by atoms with Gasteiger partial charge in [0.2, 0.25) is 18.2 Å². The summed E-state index contributed by atoms with van der Waals surface area (Å²) in [7, 11) is 0. The highest BCUT2D eigenvalue weighted by atomic mass is 16.4. The van der Waals surface area contributed by atoms with E-state index >= 15 is 0 Å². The molecule has 45 heavy (non-hydrogen) atoms. The summed E-state index contributed by atoms with van der Waals surface area (Å²) in [5.74, 6) is -3.12. The van der Waals surface area contributed by atoms with Gasteiger partial charge in [0.15, 0.2) is 11.5 Å². The van der Waals surface area contributed by atoms with Crippen molar-refractivity contribution in [3.05, 3.63) is 23.8 Å². The van der Waals surface area contributed by atoms with Gasteiger partial charge < -0.3 is 41.4 Å². The predicted octanol–water partition coefficient (Wildman–Crippen LogP) is -3.69. The Labute approximate surface area is 261 Å². The fraction of sp³-hybridized carbons (Fsp3) is 0.571. The number of phenolic OH excluding ortho intramolecular Hbond substituents is 2. The largest absolute Gasteiger partial charge is 0.504 e. The topological polar surface area (TPSA) is 224 Å². The van der Waals surface area contributed by atoms with Gasteiger partial charge in [-0.25, -0.2) is 0 Å². The van der Waals surface area contributed by atoms with E-state index in [2.05, 4.69) is 21.3 Å². The number of benzene rings is 1. The molecule has 0 radical (unpaired) electrons. The molecule has 4 amide bonds. The van der Waals surface area contributed by atoms with Gasteiger partial charge in [-0.15, -0.1) is 0 Å². The molecule has 250 valence electrons. The molecule has 17 nitrogen and oxygen atoms in total. The lowest BCUT2D eigenvalue weighted by molar-refractivity contribution is -0.138. The Balaban J connectivity index is 1.95. The van der Waals surface area contributed by atoms with Crippen molar-refractivity contribution in [2.24, 2.45) is 0 Å². The molecule has 1 aromatic rings. The summed E-state index contributed by atoms with van der Waals surface area (Å²) < 4.78 is 0. The fourth-order valence-electron chi connectivity index (χ4n) is 4.57. The van der Waals surface area contributed by atoms with Gasteiger partial charge in [0.05, 0.1) is 31.7 Å². The standard InChI is InChI=1S/C28H44N8O9/c37-17-16-33-8-10-34(18-24(40)30-5-4-29-21-38)12-14-36(20-26(42)43)15-13-35(11-9-33)19-25(41)31-6-7-32-28(45)22-2-1-3-23(39)27(22)44/h1-3,17,21,39,44H,4-16,18-20H2,(H,29,38)(H,30,40)(H,31,41)(H,32,45)(H,42,43). The summed E-state index contributed by atoms with van der Waals surface area (Å²) in [5.41, 5.74) is -0.0959. The van der Waals surface area contributed by atoms with Gasteiger partial charge in [-0.05, 0) is 12.1 Å². The first-order valence-corrected chi connectivity index (χ1v) is 14.7. The van der Waals surface area contributed by atoms with Crippen LogP contribution in [0.3, 0.4) is 0 Å². The van der Waals surface area contributed by atoms with Crippen molar-refractivity contribution >= 4 is 36.4 Å². The molecule has 0 saturated carbocycles. The van der Waals surface area contributed by atoms with Crippen LogP contribution in [0.5, 0.6) is 11.5 Å². The number of carboxylic acids is 1. The molecule has 7 N–H and O–H groups in total. The molecule has 0 bridgehead atoms. The smallest absolute Gasteiger partial charge is 0.317 e. The van der Waals surface area contributed by atoms with E-state index in [0.29, 0.717) is 65.3 Å². The third-order valence-corrected chi connectivity index (χ3v) is 7.02. The second-order valence-electron chi connectivity index (χ2n) is 10.4. The molecule has 0 aromatic heterocycles. The van der Waals surface area contributed by atoms with Crippen LogP contribution in [0, 0.1) is 0 Å².